The SMILES string of the molecule is C=C(/C(=C\NCCC)c1cc2c(c(C(=C)C3CCC3CC)c1)C(C)N2)c1cccc(C)n1. The van der Waals surface area contributed by atoms with Gasteiger partial charge in [-0.05, 0) is 85.9 Å². The Morgan fingerprint density at radius 3 is 2.66 bits per heavy atom. The summed E-state index contributed by atoms with van der Waals surface area (Å²) in [4.78, 5) is 4.74. The highest BCUT2D eigenvalue weighted by Gasteiger charge is 2.35. The Kier molecular flexibility index (Phi) is 6.55. The number of hydrogen-bond donors (Lipinski definition) is 2. The van der Waals surface area contributed by atoms with Gasteiger partial charge in [-0.3, -0.25) is 4.98 Å². The third-order valence-corrected chi connectivity index (χ3v) is 7.19. The van der Waals surface area contributed by atoms with Gasteiger partial charge in [0.15, 0.2) is 0 Å². The first-order valence-corrected chi connectivity index (χ1v) is 12.1. The Morgan fingerprint density at radius 2 is 2.03 bits per heavy atom. The average molecular weight is 428 g/mol. The van der Waals surface area contributed by atoms with Gasteiger partial charge in [0, 0.05) is 40.8 Å². The number of nitrogens with one attached hydrogen (secondary N) is 2. The lowest BCUT2D eigenvalue weighted by atomic mass is 9.66. The number of pyridine rings is 1. The minimum absolute atomic E-state index is 0.373. The maximum atomic E-state index is 4.74. The maximum absolute atomic E-state index is 4.74. The Hall–Kier alpha value is -2.81. The fourth-order valence-electron chi connectivity index (χ4n) is 5.12. The molecule has 2 aromatic rings. The zero-order valence-corrected chi connectivity index (χ0v) is 20.1. The Bertz CT molecular complexity index is 1060. The van der Waals surface area contributed by atoms with Crippen molar-refractivity contribution in [3.63, 3.8) is 0 Å². The summed E-state index contributed by atoms with van der Waals surface area (Å²) >= 11 is 0. The standard InChI is InChI=1S/C29H37N3/c1-7-14-30-17-26(20(5)27-11-9-10-18(3)31-27)23-15-25(29-21(6)32-28(29)16-23)19(4)24-13-12-22(24)8-2/h9-11,15-17,21-22,24,30,32H,4-5,7-8,12-14H2,1-3,6H3/b26-17+. The molecule has 1 aliphatic heterocycles. The number of hydrogen-bond acceptors (Lipinski definition) is 3. The molecule has 3 heteroatoms. The van der Waals surface area contributed by atoms with Gasteiger partial charge in [0.25, 0.3) is 0 Å². The van der Waals surface area contributed by atoms with Crippen LogP contribution in [0.5, 0.6) is 0 Å². The molecule has 0 spiro atoms. The highest BCUT2D eigenvalue weighted by molar-refractivity contribution is 6.04. The molecule has 0 radical (unpaired) electrons. The molecule has 0 saturated heterocycles. The number of rotatable bonds is 9. The van der Waals surface area contributed by atoms with Crippen molar-refractivity contribution < 1.29 is 0 Å². The van der Waals surface area contributed by atoms with E-state index in [0.717, 1.165) is 41.4 Å². The van der Waals surface area contributed by atoms with Gasteiger partial charge >= 0.3 is 0 Å². The molecule has 2 aliphatic rings. The first-order chi connectivity index (χ1) is 15.4. The van der Waals surface area contributed by atoms with E-state index >= 15 is 0 Å². The summed E-state index contributed by atoms with van der Waals surface area (Å²) in [6.45, 7) is 18.7. The van der Waals surface area contributed by atoms with Crippen molar-refractivity contribution in [2.45, 2.75) is 59.4 Å². The minimum Gasteiger partial charge on any atom is -0.390 e. The van der Waals surface area contributed by atoms with Gasteiger partial charge in [-0.25, -0.2) is 0 Å². The molecular weight excluding hydrogens is 390 g/mol. The second-order valence-electron chi connectivity index (χ2n) is 9.38. The van der Waals surface area contributed by atoms with E-state index < -0.39 is 0 Å². The lowest BCUT2D eigenvalue weighted by Gasteiger charge is -2.41. The summed E-state index contributed by atoms with van der Waals surface area (Å²) in [5, 5.41) is 7.07. The highest BCUT2D eigenvalue weighted by Crippen LogP contribution is 2.50. The van der Waals surface area contributed by atoms with Gasteiger partial charge in [-0.2, -0.15) is 0 Å². The Balaban J connectivity index is 1.76. The highest BCUT2D eigenvalue weighted by atomic mass is 15.0. The fraction of sp³-hybridized carbons (Fsp3) is 0.414. The van der Waals surface area contributed by atoms with Crippen LogP contribution >= 0.6 is 0 Å². The van der Waals surface area contributed by atoms with Gasteiger partial charge in [0.2, 0.25) is 0 Å². The monoisotopic (exact) mass is 427 g/mol. The molecule has 168 valence electrons. The van der Waals surface area contributed by atoms with Gasteiger partial charge in [-0.1, -0.05) is 39.5 Å². The van der Waals surface area contributed by atoms with Crippen LogP contribution in [0.15, 0.2) is 49.7 Å². The summed E-state index contributed by atoms with van der Waals surface area (Å²) in [5.41, 5.74) is 10.4. The van der Waals surface area contributed by atoms with E-state index in [0.29, 0.717) is 12.0 Å². The average Bonchev–Trinajstić information content (AvgIpc) is 2.74. The predicted octanol–water partition coefficient (Wildman–Crippen LogP) is 7.38. The molecule has 3 unspecified atom stereocenters. The summed E-state index contributed by atoms with van der Waals surface area (Å²) in [7, 11) is 0. The largest absolute Gasteiger partial charge is 0.390 e. The van der Waals surface area contributed by atoms with E-state index in [9.17, 15) is 0 Å². The van der Waals surface area contributed by atoms with Crippen molar-refractivity contribution in [3.05, 3.63) is 77.8 Å². The van der Waals surface area contributed by atoms with Crippen LogP contribution in [0.4, 0.5) is 5.69 Å². The minimum atomic E-state index is 0.373. The zero-order valence-electron chi connectivity index (χ0n) is 20.1. The van der Waals surface area contributed by atoms with Crippen LogP contribution in [0.1, 0.15) is 80.6 Å². The van der Waals surface area contributed by atoms with Crippen molar-refractivity contribution in [2.75, 3.05) is 11.9 Å². The topological polar surface area (TPSA) is 37.0 Å². The number of anilines is 1. The van der Waals surface area contributed by atoms with Crippen molar-refractivity contribution in [3.8, 4) is 0 Å². The number of benzene rings is 1. The third-order valence-electron chi connectivity index (χ3n) is 7.19. The molecule has 1 aromatic heterocycles. The van der Waals surface area contributed by atoms with E-state index in [2.05, 4.69) is 69.0 Å². The molecule has 1 aliphatic carbocycles. The second kappa shape index (κ2) is 9.36. The lowest BCUT2D eigenvalue weighted by Crippen LogP contribution is -2.28. The molecule has 2 heterocycles. The molecule has 0 amide bonds. The Morgan fingerprint density at radius 1 is 1.22 bits per heavy atom. The normalized spacial score (nSPS) is 21.6. The molecule has 1 aromatic carbocycles. The van der Waals surface area contributed by atoms with Crippen LogP contribution in [0, 0.1) is 18.8 Å². The first-order valence-electron chi connectivity index (χ1n) is 12.1. The lowest BCUT2D eigenvalue weighted by molar-refractivity contribution is 0.230. The molecular formula is C29H37N3. The number of aryl methyl sites for hydroxylation is 1. The van der Waals surface area contributed by atoms with Crippen LogP contribution in [-0.4, -0.2) is 11.5 Å². The molecule has 3 atom stereocenters. The van der Waals surface area contributed by atoms with Gasteiger partial charge in [-0.15, -0.1) is 0 Å². The quantitative estimate of drug-likeness (QED) is 0.324. The summed E-state index contributed by atoms with van der Waals surface area (Å²) < 4.78 is 0. The maximum Gasteiger partial charge on any atom is 0.0705 e. The van der Waals surface area contributed by atoms with E-state index in [1.807, 2.05) is 19.1 Å². The van der Waals surface area contributed by atoms with Gasteiger partial charge in [0.05, 0.1) is 11.7 Å². The zero-order chi connectivity index (χ0) is 22.8. The van der Waals surface area contributed by atoms with E-state index in [1.54, 1.807) is 0 Å². The second-order valence-corrected chi connectivity index (χ2v) is 9.38. The van der Waals surface area contributed by atoms with Crippen molar-refractivity contribution in [1.82, 2.24) is 10.3 Å². The van der Waals surface area contributed by atoms with E-state index in [-0.39, 0.29) is 0 Å². The van der Waals surface area contributed by atoms with Crippen LogP contribution < -0.4 is 10.6 Å². The van der Waals surface area contributed by atoms with E-state index in [4.69, 9.17) is 4.98 Å². The smallest absolute Gasteiger partial charge is 0.0705 e. The molecule has 2 N–H and O–H groups in total. The van der Waals surface area contributed by atoms with Crippen LogP contribution in [-0.2, 0) is 0 Å². The van der Waals surface area contributed by atoms with Crippen LogP contribution in [0.2, 0.25) is 0 Å². The molecule has 32 heavy (non-hydrogen) atoms. The number of aromatic nitrogens is 1. The molecule has 1 fully saturated rings. The van der Waals surface area contributed by atoms with Crippen LogP contribution in [0.25, 0.3) is 16.7 Å². The number of fused-ring (bicyclic) bond motifs is 1. The number of nitrogens with zero attached hydrogens (tertiary/aromatic N) is 1. The number of allylic oxidation sites excluding steroid dienone is 3. The summed E-state index contributed by atoms with van der Waals surface area (Å²) in [6, 6.07) is 11.1. The van der Waals surface area contributed by atoms with Gasteiger partial charge in [0.1, 0.15) is 0 Å². The van der Waals surface area contributed by atoms with Crippen LogP contribution in [0.3, 0.4) is 0 Å². The van der Waals surface area contributed by atoms with Crippen molar-refractivity contribution in [2.24, 2.45) is 11.8 Å². The molecule has 0 bridgehead atoms. The molecule has 3 nitrogen and oxygen atoms in total. The summed E-state index contributed by atoms with van der Waals surface area (Å²) in [5.74, 6) is 1.39. The predicted molar refractivity (Wildman–Crippen MR) is 138 cm³/mol. The van der Waals surface area contributed by atoms with Gasteiger partial charge < -0.3 is 10.6 Å². The molecule has 1 saturated carbocycles. The van der Waals surface area contributed by atoms with Crippen molar-refractivity contribution in [1.29, 1.82) is 0 Å². The Labute approximate surface area is 193 Å². The van der Waals surface area contributed by atoms with Crippen molar-refractivity contribution >= 4 is 22.4 Å². The summed E-state index contributed by atoms with van der Waals surface area (Å²) in [6.07, 6.45) is 7.02. The molecule has 4 rings (SSSR count). The first kappa shape index (κ1) is 22.4. The fourth-order valence-corrected chi connectivity index (χ4v) is 5.12. The van der Waals surface area contributed by atoms with E-state index in [1.165, 1.54) is 47.2 Å². The third kappa shape index (κ3) is 4.13.